The summed E-state index contributed by atoms with van der Waals surface area (Å²) < 4.78 is 5.10. The van der Waals surface area contributed by atoms with Crippen molar-refractivity contribution in [3.63, 3.8) is 0 Å². The molecular weight excluding hydrogens is 298 g/mol. The molecule has 7 heteroatoms. The standard InChI is InChI=1S/C16H23N3O4/c1-10(18-15(22)23-16(3,4)5)14(21)19(11(2)20)13-8-6-7-12(17)9-13/h6-10H,17H2,1-5H3,(H,18,22). The van der Waals surface area contributed by atoms with Gasteiger partial charge < -0.3 is 15.8 Å². The molecule has 0 aromatic heterocycles. The van der Waals surface area contributed by atoms with E-state index < -0.39 is 29.6 Å². The number of alkyl carbamates (subject to hydrolysis) is 1. The maximum absolute atomic E-state index is 12.5. The van der Waals surface area contributed by atoms with Crippen LogP contribution in [-0.2, 0) is 14.3 Å². The van der Waals surface area contributed by atoms with Crippen LogP contribution in [0.25, 0.3) is 0 Å². The maximum atomic E-state index is 12.5. The molecule has 3 amide bonds. The molecule has 0 spiro atoms. The zero-order valence-corrected chi connectivity index (χ0v) is 14.0. The molecule has 0 aliphatic rings. The highest BCUT2D eigenvalue weighted by Gasteiger charge is 2.28. The quantitative estimate of drug-likeness (QED) is 0.830. The number of anilines is 2. The van der Waals surface area contributed by atoms with E-state index in [1.165, 1.54) is 19.9 Å². The Bertz CT molecular complexity index is 608. The first kappa shape index (κ1) is 18.5. The van der Waals surface area contributed by atoms with Crippen LogP contribution in [-0.4, -0.2) is 29.6 Å². The van der Waals surface area contributed by atoms with Crippen LogP contribution in [0, 0.1) is 0 Å². The third-order valence-electron chi connectivity index (χ3n) is 2.77. The summed E-state index contributed by atoms with van der Waals surface area (Å²) >= 11 is 0. The van der Waals surface area contributed by atoms with E-state index in [1.54, 1.807) is 39.0 Å². The van der Waals surface area contributed by atoms with Crippen molar-refractivity contribution in [3.8, 4) is 0 Å². The van der Waals surface area contributed by atoms with Gasteiger partial charge in [0.05, 0.1) is 5.69 Å². The molecule has 1 aromatic carbocycles. The van der Waals surface area contributed by atoms with E-state index in [2.05, 4.69) is 5.32 Å². The van der Waals surface area contributed by atoms with Crippen LogP contribution in [0.4, 0.5) is 16.2 Å². The van der Waals surface area contributed by atoms with E-state index in [9.17, 15) is 14.4 Å². The van der Waals surface area contributed by atoms with E-state index in [0.29, 0.717) is 11.4 Å². The van der Waals surface area contributed by atoms with Crippen molar-refractivity contribution < 1.29 is 19.1 Å². The lowest BCUT2D eigenvalue weighted by Gasteiger charge is -2.25. The molecule has 0 heterocycles. The Hall–Kier alpha value is -2.57. The summed E-state index contributed by atoms with van der Waals surface area (Å²) in [6.07, 6.45) is -0.727. The monoisotopic (exact) mass is 321 g/mol. The summed E-state index contributed by atoms with van der Waals surface area (Å²) in [5.41, 5.74) is 5.78. The summed E-state index contributed by atoms with van der Waals surface area (Å²) in [7, 11) is 0. The highest BCUT2D eigenvalue weighted by molar-refractivity contribution is 6.16. The first-order chi connectivity index (χ1) is 10.5. The lowest BCUT2D eigenvalue weighted by Crippen LogP contribution is -2.49. The number of nitrogens with two attached hydrogens (primary N) is 1. The highest BCUT2D eigenvalue weighted by atomic mass is 16.6. The molecular formula is C16H23N3O4. The van der Waals surface area contributed by atoms with Gasteiger partial charge in [0, 0.05) is 12.6 Å². The molecule has 0 aliphatic heterocycles. The fourth-order valence-corrected chi connectivity index (χ4v) is 1.87. The number of rotatable bonds is 3. The molecule has 0 aliphatic carbocycles. The van der Waals surface area contributed by atoms with Gasteiger partial charge in [0.2, 0.25) is 5.91 Å². The summed E-state index contributed by atoms with van der Waals surface area (Å²) in [6.45, 7) is 7.89. The first-order valence-corrected chi connectivity index (χ1v) is 7.21. The van der Waals surface area contributed by atoms with Gasteiger partial charge in [-0.3, -0.25) is 9.59 Å². The number of hydrogen-bond acceptors (Lipinski definition) is 5. The van der Waals surface area contributed by atoms with E-state index in [-0.39, 0.29) is 0 Å². The zero-order valence-electron chi connectivity index (χ0n) is 14.0. The van der Waals surface area contributed by atoms with E-state index in [0.717, 1.165) is 4.90 Å². The van der Waals surface area contributed by atoms with Gasteiger partial charge in [0.1, 0.15) is 11.6 Å². The molecule has 0 saturated heterocycles. The fraction of sp³-hybridized carbons (Fsp3) is 0.438. The Kier molecular flexibility index (Phi) is 5.73. The van der Waals surface area contributed by atoms with Crippen LogP contribution in [0.5, 0.6) is 0 Å². The fourth-order valence-electron chi connectivity index (χ4n) is 1.87. The molecule has 1 rings (SSSR count). The molecule has 0 bridgehead atoms. The van der Waals surface area contributed by atoms with Crippen molar-refractivity contribution in [3.05, 3.63) is 24.3 Å². The Morgan fingerprint density at radius 1 is 1.26 bits per heavy atom. The summed E-state index contributed by atoms with van der Waals surface area (Å²) in [5, 5.41) is 2.42. The topological polar surface area (TPSA) is 102 Å². The molecule has 0 fully saturated rings. The zero-order chi connectivity index (χ0) is 17.8. The molecule has 3 N–H and O–H groups in total. The van der Waals surface area contributed by atoms with Crippen molar-refractivity contribution in [2.24, 2.45) is 0 Å². The average molecular weight is 321 g/mol. The van der Waals surface area contributed by atoms with Crippen molar-refractivity contribution in [2.75, 3.05) is 10.6 Å². The number of nitrogens with one attached hydrogen (secondary N) is 1. The van der Waals surface area contributed by atoms with Crippen LogP contribution in [0.2, 0.25) is 0 Å². The minimum Gasteiger partial charge on any atom is -0.444 e. The Morgan fingerprint density at radius 2 is 1.87 bits per heavy atom. The maximum Gasteiger partial charge on any atom is 0.408 e. The number of carbonyl (C=O) groups excluding carboxylic acids is 3. The van der Waals surface area contributed by atoms with Gasteiger partial charge in [-0.2, -0.15) is 0 Å². The van der Waals surface area contributed by atoms with E-state index in [4.69, 9.17) is 10.5 Å². The molecule has 126 valence electrons. The smallest absolute Gasteiger partial charge is 0.408 e. The molecule has 0 radical (unpaired) electrons. The van der Waals surface area contributed by atoms with Crippen molar-refractivity contribution in [2.45, 2.75) is 46.3 Å². The van der Waals surface area contributed by atoms with Gasteiger partial charge >= 0.3 is 6.09 Å². The third kappa shape index (κ3) is 5.61. The van der Waals surface area contributed by atoms with Gasteiger partial charge in [-0.15, -0.1) is 0 Å². The second kappa shape index (κ2) is 7.13. The normalized spacial score (nSPS) is 12.2. The number of imide groups is 1. The first-order valence-electron chi connectivity index (χ1n) is 7.21. The molecule has 1 aromatic rings. The molecule has 1 atom stereocenters. The lowest BCUT2D eigenvalue weighted by molar-refractivity contribution is -0.126. The Morgan fingerprint density at radius 3 is 2.35 bits per heavy atom. The van der Waals surface area contributed by atoms with Crippen LogP contribution in [0.1, 0.15) is 34.6 Å². The minimum atomic E-state index is -0.935. The summed E-state index contributed by atoms with van der Waals surface area (Å²) in [5.74, 6) is -1.05. The number of nitrogen functional groups attached to an aromatic ring is 1. The predicted molar refractivity (Wildman–Crippen MR) is 87.9 cm³/mol. The van der Waals surface area contributed by atoms with Crippen LogP contribution < -0.4 is 16.0 Å². The van der Waals surface area contributed by atoms with Crippen LogP contribution >= 0.6 is 0 Å². The minimum absolute atomic E-state index is 0.348. The second-order valence-corrected chi connectivity index (χ2v) is 6.16. The SMILES string of the molecule is CC(=O)N(C(=O)C(C)NC(=O)OC(C)(C)C)c1cccc(N)c1. The molecule has 7 nitrogen and oxygen atoms in total. The van der Waals surface area contributed by atoms with E-state index >= 15 is 0 Å². The van der Waals surface area contributed by atoms with Crippen molar-refractivity contribution >= 4 is 29.3 Å². The van der Waals surface area contributed by atoms with Crippen molar-refractivity contribution in [1.82, 2.24) is 5.32 Å². The van der Waals surface area contributed by atoms with Crippen LogP contribution in [0.3, 0.4) is 0 Å². The number of nitrogens with zero attached hydrogens (tertiary/aromatic N) is 1. The Labute approximate surface area is 135 Å². The number of carbonyl (C=O) groups is 3. The number of benzene rings is 1. The Balaban J connectivity index is 2.90. The van der Waals surface area contributed by atoms with E-state index in [1.807, 2.05) is 0 Å². The largest absolute Gasteiger partial charge is 0.444 e. The van der Waals surface area contributed by atoms with Gasteiger partial charge in [-0.05, 0) is 45.9 Å². The lowest BCUT2D eigenvalue weighted by atomic mass is 10.2. The summed E-state index contributed by atoms with van der Waals surface area (Å²) in [6, 6.07) is 5.46. The second-order valence-electron chi connectivity index (χ2n) is 6.16. The predicted octanol–water partition coefficient (Wildman–Crippen LogP) is 2.06. The molecule has 1 unspecified atom stereocenters. The van der Waals surface area contributed by atoms with Gasteiger partial charge in [-0.1, -0.05) is 6.07 Å². The van der Waals surface area contributed by atoms with Gasteiger partial charge in [0.25, 0.3) is 5.91 Å². The molecule has 23 heavy (non-hydrogen) atoms. The van der Waals surface area contributed by atoms with Crippen LogP contribution in [0.15, 0.2) is 24.3 Å². The highest BCUT2D eigenvalue weighted by Crippen LogP contribution is 2.19. The number of amides is 3. The van der Waals surface area contributed by atoms with Gasteiger partial charge in [0.15, 0.2) is 0 Å². The third-order valence-corrected chi connectivity index (χ3v) is 2.77. The summed E-state index contributed by atoms with van der Waals surface area (Å²) in [4.78, 5) is 37.0. The van der Waals surface area contributed by atoms with Crippen molar-refractivity contribution in [1.29, 1.82) is 0 Å². The van der Waals surface area contributed by atoms with Gasteiger partial charge in [-0.25, -0.2) is 9.69 Å². The number of ether oxygens (including phenoxy) is 1. The molecule has 0 saturated carbocycles. The average Bonchev–Trinajstić information content (AvgIpc) is 2.35. The number of hydrogen-bond donors (Lipinski definition) is 2.